The molecule has 1 unspecified atom stereocenters. The second-order valence-corrected chi connectivity index (χ2v) is 5.23. The number of aromatic nitrogens is 1. The van der Waals surface area contributed by atoms with Crippen molar-refractivity contribution in [3.63, 3.8) is 0 Å². The van der Waals surface area contributed by atoms with E-state index in [9.17, 15) is 22.8 Å². The van der Waals surface area contributed by atoms with Gasteiger partial charge in [0.25, 0.3) is 0 Å². The molecule has 1 saturated heterocycles. The molecule has 1 aliphatic heterocycles. The molecule has 0 spiro atoms. The molecule has 0 bridgehead atoms. The first-order chi connectivity index (χ1) is 10.8. The highest BCUT2D eigenvalue weighted by molar-refractivity contribution is 5.96. The van der Waals surface area contributed by atoms with E-state index in [-0.39, 0.29) is 6.54 Å². The zero-order valence-corrected chi connectivity index (χ0v) is 12.4. The SMILES string of the molecule is Cc1ccnc(NC(=O)C2CCCN2C(=O)OCC(F)(F)F)c1. The summed E-state index contributed by atoms with van der Waals surface area (Å²) < 4.78 is 40.5. The van der Waals surface area contributed by atoms with Gasteiger partial charge in [0.05, 0.1) is 0 Å². The Hall–Kier alpha value is -2.32. The molecule has 0 saturated carbocycles. The number of pyridine rings is 1. The lowest BCUT2D eigenvalue weighted by atomic mass is 10.2. The molecule has 0 aromatic carbocycles. The van der Waals surface area contributed by atoms with E-state index in [0.29, 0.717) is 18.7 Å². The Morgan fingerprint density at radius 2 is 2.22 bits per heavy atom. The fourth-order valence-corrected chi connectivity index (χ4v) is 2.30. The van der Waals surface area contributed by atoms with Gasteiger partial charge in [-0.05, 0) is 37.5 Å². The molecule has 1 aliphatic rings. The van der Waals surface area contributed by atoms with Crippen LogP contribution in [0.2, 0.25) is 0 Å². The van der Waals surface area contributed by atoms with Gasteiger partial charge < -0.3 is 10.1 Å². The minimum Gasteiger partial charge on any atom is -0.440 e. The maximum Gasteiger partial charge on any atom is 0.422 e. The van der Waals surface area contributed by atoms with E-state index in [1.165, 1.54) is 6.20 Å². The van der Waals surface area contributed by atoms with Gasteiger partial charge >= 0.3 is 12.3 Å². The minimum atomic E-state index is -4.60. The van der Waals surface area contributed by atoms with Gasteiger partial charge in [-0.2, -0.15) is 13.2 Å². The molecule has 1 atom stereocenters. The van der Waals surface area contributed by atoms with Crippen molar-refractivity contribution in [1.82, 2.24) is 9.88 Å². The number of hydrogen-bond acceptors (Lipinski definition) is 4. The molecule has 1 aromatic rings. The van der Waals surface area contributed by atoms with Crippen LogP contribution in [0.1, 0.15) is 18.4 Å². The summed E-state index contributed by atoms with van der Waals surface area (Å²) in [6.45, 7) is 0.333. The number of halogens is 3. The maximum absolute atomic E-state index is 12.2. The number of aryl methyl sites for hydroxylation is 1. The highest BCUT2D eigenvalue weighted by Gasteiger charge is 2.37. The van der Waals surface area contributed by atoms with Crippen molar-refractivity contribution in [1.29, 1.82) is 0 Å². The molecule has 0 radical (unpaired) electrons. The Morgan fingerprint density at radius 1 is 1.48 bits per heavy atom. The van der Waals surface area contributed by atoms with Crippen LogP contribution in [0.25, 0.3) is 0 Å². The van der Waals surface area contributed by atoms with Gasteiger partial charge in [0.1, 0.15) is 11.9 Å². The van der Waals surface area contributed by atoms with E-state index in [2.05, 4.69) is 15.0 Å². The Bertz CT molecular complexity index is 592. The van der Waals surface area contributed by atoms with Crippen molar-refractivity contribution in [3.8, 4) is 0 Å². The highest BCUT2D eigenvalue weighted by atomic mass is 19.4. The zero-order chi connectivity index (χ0) is 17.0. The van der Waals surface area contributed by atoms with E-state index in [1.807, 2.05) is 6.92 Å². The first kappa shape index (κ1) is 17.0. The Labute approximate surface area is 130 Å². The summed E-state index contributed by atoms with van der Waals surface area (Å²) in [6.07, 6.45) is -3.34. The van der Waals surface area contributed by atoms with Crippen molar-refractivity contribution in [3.05, 3.63) is 23.9 Å². The molecule has 126 valence electrons. The maximum atomic E-state index is 12.2. The average molecular weight is 331 g/mol. The third-order valence-corrected chi connectivity index (χ3v) is 3.32. The van der Waals surface area contributed by atoms with E-state index in [0.717, 1.165) is 10.5 Å². The van der Waals surface area contributed by atoms with Gasteiger partial charge in [0, 0.05) is 12.7 Å². The number of amides is 2. The van der Waals surface area contributed by atoms with Crippen molar-refractivity contribution < 1.29 is 27.5 Å². The predicted molar refractivity (Wildman–Crippen MR) is 74.7 cm³/mol. The first-order valence-corrected chi connectivity index (χ1v) is 7.00. The van der Waals surface area contributed by atoms with Crippen LogP contribution >= 0.6 is 0 Å². The Balaban J connectivity index is 1.97. The number of nitrogens with one attached hydrogen (secondary N) is 1. The number of likely N-dealkylation sites (tertiary alicyclic amines) is 1. The molecule has 2 heterocycles. The molecule has 0 aliphatic carbocycles. The minimum absolute atomic E-state index is 0.177. The van der Waals surface area contributed by atoms with Gasteiger partial charge in [-0.25, -0.2) is 9.78 Å². The van der Waals surface area contributed by atoms with Gasteiger partial charge in [-0.15, -0.1) is 0 Å². The number of hydrogen-bond donors (Lipinski definition) is 1. The van der Waals surface area contributed by atoms with Gasteiger partial charge in [0.2, 0.25) is 5.91 Å². The van der Waals surface area contributed by atoms with Crippen molar-refractivity contribution in [2.24, 2.45) is 0 Å². The van der Waals surface area contributed by atoms with E-state index >= 15 is 0 Å². The Morgan fingerprint density at radius 3 is 2.87 bits per heavy atom. The van der Waals surface area contributed by atoms with Crippen LogP contribution in [0.3, 0.4) is 0 Å². The molecule has 1 aromatic heterocycles. The summed E-state index contributed by atoms with van der Waals surface area (Å²) in [5.74, 6) is -0.171. The lowest BCUT2D eigenvalue weighted by molar-refractivity contribution is -0.162. The van der Waals surface area contributed by atoms with Crippen molar-refractivity contribution in [2.45, 2.75) is 32.0 Å². The number of ether oxygens (including phenoxy) is 1. The van der Waals surface area contributed by atoms with Crippen LogP contribution in [-0.2, 0) is 9.53 Å². The number of carbonyl (C=O) groups is 2. The fraction of sp³-hybridized carbons (Fsp3) is 0.500. The fourth-order valence-electron chi connectivity index (χ4n) is 2.30. The summed E-state index contributed by atoms with van der Waals surface area (Å²) in [5, 5.41) is 2.56. The molecule has 2 rings (SSSR count). The largest absolute Gasteiger partial charge is 0.440 e. The topological polar surface area (TPSA) is 71.5 Å². The average Bonchev–Trinajstić information content (AvgIpc) is 2.93. The predicted octanol–water partition coefficient (Wildman–Crippen LogP) is 2.49. The van der Waals surface area contributed by atoms with E-state index < -0.39 is 30.8 Å². The van der Waals surface area contributed by atoms with Gasteiger partial charge in [-0.3, -0.25) is 9.69 Å². The zero-order valence-electron chi connectivity index (χ0n) is 12.4. The highest BCUT2D eigenvalue weighted by Crippen LogP contribution is 2.21. The number of rotatable bonds is 3. The second-order valence-electron chi connectivity index (χ2n) is 5.23. The van der Waals surface area contributed by atoms with Gasteiger partial charge in [0.15, 0.2) is 6.61 Å². The summed E-state index contributed by atoms with van der Waals surface area (Å²) in [6, 6.07) is 2.55. The number of anilines is 1. The van der Waals surface area contributed by atoms with Gasteiger partial charge in [-0.1, -0.05) is 0 Å². The van der Waals surface area contributed by atoms with Crippen molar-refractivity contribution >= 4 is 17.8 Å². The normalized spacial score (nSPS) is 17.9. The smallest absolute Gasteiger partial charge is 0.422 e. The van der Waals surface area contributed by atoms with Crippen LogP contribution < -0.4 is 5.32 Å². The van der Waals surface area contributed by atoms with Crippen LogP contribution in [0.4, 0.5) is 23.8 Å². The molecule has 9 heteroatoms. The summed E-state index contributed by atoms with van der Waals surface area (Å²) in [4.78, 5) is 28.9. The number of carbonyl (C=O) groups excluding carboxylic acids is 2. The Kier molecular flexibility index (Phi) is 5.07. The summed E-state index contributed by atoms with van der Waals surface area (Å²) in [7, 11) is 0. The molecule has 2 amide bonds. The third kappa shape index (κ3) is 4.83. The lowest BCUT2D eigenvalue weighted by Crippen LogP contribution is -2.44. The summed E-state index contributed by atoms with van der Waals surface area (Å²) >= 11 is 0. The van der Waals surface area contributed by atoms with Crippen LogP contribution in [0.15, 0.2) is 18.3 Å². The quantitative estimate of drug-likeness (QED) is 0.924. The molecular weight excluding hydrogens is 315 g/mol. The van der Waals surface area contributed by atoms with Crippen LogP contribution in [0, 0.1) is 6.92 Å². The van der Waals surface area contributed by atoms with Crippen molar-refractivity contribution in [2.75, 3.05) is 18.5 Å². The lowest BCUT2D eigenvalue weighted by Gasteiger charge is -2.23. The first-order valence-electron chi connectivity index (χ1n) is 7.00. The molecule has 23 heavy (non-hydrogen) atoms. The third-order valence-electron chi connectivity index (χ3n) is 3.32. The standard InChI is InChI=1S/C14H16F3N3O3/c1-9-4-5-18-11(7-9)19-12(21)10-3-2-6-20(10)13(22)23-8-14(15,16)17/h4-5,7,10H,2-3,6,8H2,1H3,(H,18,19,21). The molecular formula is C14H16F3N3O3. The summed E-state index contributed by atoms with van der Waals surface area (Å²) in [5.41, 5.74) is 0.892. The monoisotopic (exact) mass is 331 g/mol. The molecule has 1 N–H and O–H groups in total. The van der Waals surface area contributed by atoms with Crippen LogP contribution in [-0.4, -0.2) is 47.3 Å². The number of alkyl halides is 3. The van der Waals surface area contributed by atoms with E-state index in [1.54, 1.807) is 12.1 Å². The molecule has 1 fully saturated rings. The second kappa shape index (κ2) is 6.84. The number of nitrogens with zero attached hydrogens (tertiary/aromatic N) is 2. The molecule has 6 nitrogen and oxygen atoms in total. The van der Waals surface area contributed by atoms with E-state index in [4.69, 9.17) is 0 Å². The van der Waals surface area contributed by atoms with Crippen LogP contribution in [0.5, 0.6) is 0 Å².